The van der Waals surface area contributed by atoms with E-state index in [0.717, 1.165) is 5.39 Å². The van der Waals surface area contributed by atoms with Gasteiger partial charge in [0.1, 0.15) is 12.2 Å². The molecule has 8 heteroatoms. The van der Waals surface area contributed by atoms with Crippen molar-refractivity contribution < 1.29 is 23.1 Å². The number of carboxylic acids is 1. The topological polar surface area (TPSA) is 70.9 Å². The van der Waals surface area contributed by atoms with Crippen LogP contribution in [0.1, 0.15) is 43.0 Å². The van der Waals surface area contributed by atoms with Crippen LogP contribution in [0.25, 0.3) is 27.5 Å². The van der Waals surface area contributed by atoms with E-state index in [9.17, 15) is 9.18 Å². The molecule has 156 valence electrons. The summed E-state index contributed by atoms with van der Waals surface area (Å²) in [7, 11) is 0. The first kappa shape index (κ1) is 20.0. The number of carbonyl (C=O) groups is 1. The number of aromatic amines is 1. The van der Waals surface area contributed by atoms with Crippen molar-refractivity contribution in [2.24, 2.45) is 0 Å². The van der Waals surface area contributed by atoms with Crippen molar-refractivity contribution in [1.82, 2.24) is 14.8 Å². The number of aliphatic carboxylic acids is 1. The molecule has 0 fully saturated rings. The first-order valence-corrected chi connectivity index (χ1v) is 9.48. The Bertz CT molecular complexity index is 1290. The highest BCUT2D eigenvalue weighted by atomic mass is 19.3. The number of hydrogen-bond acceptors (Lipinski definition) is 2. The Morgan fingerprint density at radius 1 is 1.27 bits per heavy atom. The van der Waals surface area contributed by atoms with E-state index in [2.05, 4.69) is 10.2 Å². The molecule has 2 aromatic carbocycles. The van der Waals surface area contributed by atoms with Crippen LogP contribution >= 0.6 is 0 Å². The zero-order valence-electron chi connectivity index (χ0n) is 16.6. The molecule has 2 N–H and O–H groups in total. The maximum atomic E-state index is 15.3. The minimum Gasteiger partial charge on any atom is -0.481 e. The van der Waals surface area contributed by atoms with Gasteiger partial charge in [0, 0.05) is 22.2 Å². The van der Waals surface area contributed by atoms with E-state index in [0.29, 0.717) is 28.0 Å². The van der Waals surface area contributed by atoms with Gasteiger partial charge in [0.2, 0.25) is 0 Å². The van der Waals surface area contributed by atoms with Gasteiger partial charge < -0.3 is 9.67 Å². The molecule has 0 aliphatic carbocycles. The Hall–Kier alpha value is -3.29. The van der Waals surface area contributed by atoms with Gasteiger partial charge in [0.15, 0.2) is 0 Å². The molecule has 4 aromatic rings. The molecule has 2 heterocycles. The highest BCUT2D eigenvalue weighted by Gasteiger charge is 2.41. The van der Waals surface area contributed by atoms with Gasteiger partial charge >= 0.3 is 5.97 Å². The number of rotatable bonds is 5. The van der Waals surface area contributed by atoms with Crippen LogP contribution in [0.5, 0.6) is 0 Å². The van der Waals surface area contributed by atoms with Gasteiger partial charge in [0.25, 0.3) is 5.92 Å². The third kappa shape index (κ3) is 3.12. The van der Waals surface area contributed by atoms with Gasteiger partial charge in [-0.2, -0.15) is 5.10 Å². The smallest absolute Gasteiger partial charge is 0.309 e. The van der Waals surface area contributed by atoms with E-state index in [4.69, 9.17) is 5.11 Å². The number of H-pyrrole nitrogens is 1. The van der Waals surface area contributed by atoms with Crippen molar-refractivity contribution in [3.63, 3.8) is 0 Å². The number of alkyl halides is 2. The summed E-state index contributed by atoms with van der Waals surface area (Å²) >= 11 is 0. The van der Waals surface area contributed by atoms with Crippen LogP contribution < -0.4 is 0 Å². The van der Waals surface area contributed by atoms with E-state index in [-0.39, 0.29) is 16.9 Å². The van der Waals surface area contributed by atoms with Crippen LogP contribution in [0.2, 0.25) is 0 Å². The van der Waals surface area contributed by atoms with E-state index >= 15 is 8.78 Å². The molecule has 0 aliphatic rings. The molecular formula is C22H20F3N3O2. The standard InChI is InChI=1S/C22H20F3N3O2/c1-11(2)21-20(22(24,25)9-19(29)30)15-8-17-13(10-26-27-17)7-18(15)28(21)14-4-5-16(23)12(3)6-14/h4-8,10-11H,9H2,1-3H3,(H,26,27)(H,29,30). The zero-order valence-corrected chi connectivity index (χ0v) is 16.6. The highest BCUT2D eigenvalue weighted by molar-refractivity contribution is 5.99. The summed E-state index contributed by atoms with van der Waals surface area (Å²) in [5, 5.41) is 16.8. The normalized spacial score (nSPS) is 12.4. The lowest BCUT2D eigenvalue weighted by atomic mass is 9.96. The molecule has 0 unspecified atom stereocenters. The average Bonchev–Trinajstić information content (AvgIpc) is 3.22. The van der Waals surface area contributed by atoms with Crippen LogP contribution in [0.15, 0.2) is 36.5 Å². The number of nitrogens with zero attached hydrogens (tertiary/aromatic N) is 2. The first-order valence-electron chi connectivity index (χ1n) is 9.48. The Labute approximate surface area is 170 Å². The fraction of sp³-hybridized carbons (Fsp3) is 0.273. The highest BCUT2D eigenvalue weighted by Crippen LogP contribution is 2.45. The predicted molar refractivity (Wildman–Crippen MR) is 108 cm³/mol. The number of carboxylic acid groups (broad SMARTS) is 1. The third-order valence-electron chi connectivity index (χ3n) is 5.25. The lowest BCUT2D eigenvalue weighted by Gasteiger charge is -2.20. The lowest BCUT2D eigenvalue weighted by molar-refractivity contribution is -0.145. The number of nitrogens with one attached hydrogen (secondary N) is 1. The SMILES string of the molecule is Cc1cc(-n2c(C(C)C)c(C(F)(F)CC(=O)O)c3cc4[nH]ncc4cc32)ccc1F. The van der Waals surface area contributed by atoms with E-state index < -0.39 is 24.1 Å². The molecule has 0 radical (unpaired) electrons. The van der Waals surface area contributed by atoms with Crippen molar-refractivity contribution >= 4 is 27.8 Å². The number of halogens is 3. The predicted octanol–water partition coefficient (Wildman–Crippen LogP) is 5.64. The Balaban J connectivity index is 2.17. The second-order valence-corrected chi connectivity index (χ2v) is 7.79. The molecule has 0 saturated heterocycles. The summed E-state index contributed by atoms with van der Waals surface area (Å²) in [5.74, 6) is -5.93. The molecule has 0 saturated carbocycles. The number of aromatic nitrogens is 3. The molecule has 0 bridgehead atoms. The van der Waals surface area contributed by atoms with Gasteiger partial charge in [-0.25, -0.2) is 13.2 Å². The molecule has 0 atom stereocenters. The van der Waals surface area contributed by atoms with Crippen molar-refractivity contribution in [3.8, 4) is 5.69 Å². The fourth-order valence-corrected chi connectivity index (χ4v) is 4.00. The molecule has 0 spiro atoms. The van der Waals surface area contributed by atoms with Gasteiger partial charge in [-0.05, 0) is 48.7 Å². The third-order valence-corrected chi connectivity index (χ3v) is 5.25. The Morgan fingerprint density at radius 3 is 2.63 bits per heavy atom. The van der Waals surface area contributed by atoms with Crippen molar-refractivity contribution in [2.45, 2.75) is 39.0 Å². The van der Waals surface area contributed by atoms with Gasteiger partial charge in [0.05, 0.1) is 22.8 Å². The number of benzene rings is 2. The van der Waals surface area contributed by atoms with E-state index in [1.807, 2.05) is 0 Å². The lowest BCUT2D eigenvalue weighted by Crippen LogP contribution is -2.21. The molecular weight excluding hydrogens is 395 g/mol. The summed E-state index contributed by atoms with van der Waals surface area (Å²) in [6, 6.07) is 7.73. The van der Waals surface area contributed by atoms with Gasteiger partial charge in [-0.3, -0.25) is 9.89 Å². The molecule has 4 rings (SSSR count). The van der Waals surface area contributed by atoms with E-state index in [1.165, 1.54) is 12.1 Å². The number of fused-ring (bicyclic) bond motifs is 2. The Kier molecular flexibility index (Phi) is 4.60. The maximum absolute atomic E-state index is 15.3. The largest absolute Gasteiger partial charge is 0.481 e. The van der Waals surface area contributed by atoms with Crippen molar-refractivity contribution in [1.29, 1.82) is 0 Å². The quantitative estimate of drug-likeness (QED) is 0.443. The van der Waals surface area contributed by atoms with Crippen LogP contribution in [0, 0.1) is 12.7 Å². The van der Waals surface area contributed by atoms with Crippen molar-refractivity contribution in [2.75, 3.05) is 0 Å². The van der Waals surface area contributed by atoms with Crippen molar-refractivity contribution in [3.05, 3.63) is 59.2 Å². The second kappa shape index (κ2) is 6.90. The van der Waals surface area contributed by atoms with Crippen LogP contribution in [-0.2, 0) is 10.7 Å². The summed E-state index contributed by atoms with van der Waals surface area (Å²) < 4.78 is 46.1. The second-order valence-electron chi connectivity index (χ2n) is 7.79. The number of aryl methyl sites for hydroxylation is 1. The monoisotopic (exact) mass is 415 g/mol. The zero-order chi connectivity index (χ0) is 21.8. The van der Waals surface area contributed by atoms with Gasteiger partial charge in [-0.1, -0.05) is 13.8 Å². The Morgan fingerprint density at radius 2 is 2.00 bits per heavy atom. The maximum Gasteiger partial charge on any atom is 0.309 e. The summed E-state index contributed by atoms with van der Waals surface area (Å²) in [5.41, 5.74) is 1.93. The number of hydrogen-bond donors (Lipinski definition) is 2. The minimum absolute atomic E-state index is 0.240. The van der Waals surface area contributed by atoms with Crippen LogP contribution in [0.3, 0.4) is 0 Å². The average molecular weight is 415 g/mol. The molecule has 5 nitrogen and oxygen atoms in total. The molecule has 0 aliphatic heterocycles. The minimum atomic E-state index is -3.60. The molecule has 30 heavy (non-hydrogen) atoms. The molecule has 0 amide bonds. The summed E-state index contributed by atoms with van der Waals surface area (Å²) in [6.07, 6.45) is 0.265. The fourth-order valence-electron chi connectivity index (χ4n) is 4.00. The molecule has 2 aromatic heterocycles. The van der Waals surface area contributed by atoms with Crippen LogP contribution in [0.4, 0.5) is 13.2 Å². The summed E-state index contributed by atoms with van der Waals surface area (Å²) in [6.45, 7) is 5.15. The first-order chi connectivity index (χ1) is 14.1. The summed E-state index contributed by atoms with van der Waals surface area (Å²) in [4.78, 5) is 11.2. The van der Waals surface area contributed by atoms with Crippen LogP contribution in [-0.4, -0.2) is 25.8 Å². The van der Waals surface area contributed by atoms with Gasteiger partial charge in [-0.15, -0.1) is 0 Å². The van der Waals surface area contributed by atoms with E-state index in [1.54, 1.807) is 49.7 Å².